The molecule has 1 atom stereocenters. The number of amides is 2. The van der Waals surface area contributed by atoms with Crippen LogP contribution in [0.3, 0.4) is 0 Å². The monoisotopic (exact) mass is 381 g/mol. The molecule has 28 heavy (non-hydrogen) atoms. The van der Waals surface area contributed by atoms with Crippen LogP contribution in [0.25, 0.3) is 0 Å². The third-order valence-corrected chi connectivity index (χ3v) is 5.51. The molecule has 1 saturated heterocycles. The summed E-state index contributed by atoms with van der Waals surface area (Å²) >= 11 is 0. The SMILES string of the molecule is CCN1C[C@H](NC(=O)c2cc3n(n2)CCCN(Cc2ccccc2)C3)CC1=O. The molecule has 1 fully saturated rings. The van der Waals surface area contributed by atoms with E-state index in [0.29, 0.717) is 25.2 Å². The average Bonchev–Trinajstić information content (AvgIpc) is 3.20. The van der Waals surface area contributed by atoms with Gasteiger partial charge in [-0.05, 0) is 25.0 Å². The molecule has 1 aromatic carbocycles. The van der Waals surface area contributed by atoms with Crippen LogP contribution in [0.1, 0.15) is 41.5 Å². The molecule has 2 aliphatic heterocycles. The Morgan fingerprint density at radius 2 is 2.07 bits per heavy atom. The zero-order chi connectivity index (χ0) is 19.5. The Morgan fingerprint density at radius 1 is 1.25 bits per heavy atom. The van der Waals surface area contributed by atoms with E-state index in [1.165, 1.54) is 5.56 Å². The summed E-state index contributed by atoms with van der Waals surface area (Å²) in [6.07, 6.45) is 1.38. The molecule has 0 bridgehead atoms. The van der Waals surface area contributed by atoms with Crippen LogP contribution in [0.5, 0.6) is 0 Å². The molecule has 2 aromatic rings. The van der Waals surface area contributed by atoms with Gasteiger partial charge in [-0.25, -0.2) is 0 Å². The maximum Gasteiger partial charge on any atom is 0.272 e. The highest BCUT2D eigenvalue weighted by Gasteiger charge is 2.30. The van der Waals surface area contributed by atoms with Crippen molar-refractivity contribution >= 4 is 11.8 Å². The Balaban J connectivity index is 1.41. The highest BCUT2D eigenvalue weighted by Crippen LogP contribution is 2.17. The topological polar surface area (TPSA) is 70.5 Å². The number of likely N-dealkylation sites (tertiary alicyclic amines) is 1. The number of carbonyl (C=O) groups excluding carboxylic acids is 2. The first-order chi connectivity index (χ1) is 13.6. The fourth-order valence-electron chi connectivity index (χ4n) is 4.05. The lowest BCUT2D eigenvalue weighted by molar-refractivity contribution is -0.127. The van der Waals surface area contributed by atoms with E-state index in [1.54, 1.807) is 4.90 Å². The van der Waals surface area contributed by atoms with Gasteiger partial charge in [-0.15, -0.1) is 0 Å². The summed E-state index contributed by atoms with van der Waals surface area (Å²) in [6, 6.07) is 12.2. The zero-order valence-electron chi connectivity index (χ0n) is 16.3. The summed E-state index contributed by atoms with van der Waals surface area (Å²) in [5.74, 6) is -0.0871. The van der Waals surface area contributed by atoms with Gasteiger partial charge in [0.25, 0.3) is 5.91 Å². The second-order valence-electron chi connectivity index (χ2n) is 7.60. The first-order valence-electron chi connectivity index (χ1n) is 10.0. The van der Waals surface area contributed by atoms with E-state index in [0.717, 1.165) is 38.3 Å². The summed E-state index contributed by atoms with van der Waals surface area (Å²) in [7, 11) is 0. The predicted octanol–water partition coefficient (Wildman–Crippen LogP) is 1.64. The number of aryl methyl sites for hydroxylation is 1. The van der Waals surface area contributed by atoms with Crippen molar-refractivity contribution in [1.82, 2.24) is 24.9 Å². The van der Waals surface area contributed by atoms with Crippen LogP contribution in [0.2, 0.25) is 0 Å². The van der Waals surface area contributed by atoms with Crippen LogP contribution in [0.15, 0.2) is 36.4 Å². The first kappa shape index (κ1) is 18.7. The van der Waals surface area contributed by atoms with E-state index in [-0.39, 0.29) is 17.9 Å². The molecule has 4 rings (SSSR count). The Bertz CT molecular complexity index is 848. The molecule has 7 heteroatoms. The summed E-state index contributed by atoms with van der Waals surface area (Å²) in [5.41, 5.74) is 2.80. The number of aromatic nitrogens is 2. The van der Waals surface area contributed by atoms with Crippen molar-refractivity contribution in [2.45, 2.75) is 45.4 Å². The van der Waals surface area contributed by atoms with Crippen molar-refractivity contribution in [3.05, 3.63) is 53.3 Å². The van der Waals surface area contributed by atoms with Crippen LogP contribution in [0, 0.1) is 0 Å². The largest absolute Gasteiger partial charge is 0.346 e. The van der Waals surface area contributed by atoms with E-state index < -0.39 is 0 Å². The fraction of sp³-hybridized carbons (Fsp3) is 0.476. The molecule has 0 saturated carbocycles. The second kappa shape index (κ2) is 8.14. The van der Waals surface area contributed by atoms with Gasteiger partial charge in [-0.3, -0.25) is 19.2 Å². The predicted molar refractivity (Wildman–Crippen MR) is 106 cm³/mol. The van der Waals surface area contributed by atoms with E-state index in [2.05, 4.69) is 39.6 Å². The van der Waals surface area contributed by atoms with Crippen LogP contribution in [-0.2, 0) is 24.4 Å². The maximum atomic E-state index is 12.6. The highest BCUT2D eigenvalue weighted by atomic mass is 16.2. The summed E-state index contributed by atoms with van der Waals surface area (Å²) < 4.78 is 1.96. The Kier molecular flexibility index (Phi) is 5.43. The number of nitrogens with one attached hydrogen (secondary N) is 1. The van der Waals surface area contributed by atoms with Crippen molar-refractivity contribution in [1.29, 1.82) is 0 Å². The minimum atomic E-state index is -0.189. The maximum absolute atomic E-state index is 12.6. The molecule has 2 amide bonds. The molecule has 0 radical (unpaired) electrons. The molecule has 148 valence electrons. The van der Waals surface area contributed by atoms with Crippen molar-refractivity contribution < 1.29 is 9.59 Å². The van der Waals surface area contributed by atoms with Gasteiger partial charge in [0.05, 0.1) is 11.7 Å². The lowest BCUT2D eigenvalue weighted by atomic mass is 10.2. The fourth-order valence-corrected chi connectivity index (χ4v) is 4.05. The van der Waals surface area contributed by atoms with Crippen molar-refractivity contribution in [2.75, 3.05) is 19.6 Å². The molecular formula is C21H27N5O2. The standard InChI is InChI=1S/C21H27N5O2/c1-2-25-14-17(11-20(25)27)22-21(28)19-12-18-15-24(9-6-10-26(18)23-19)13-16-7-4-3-5-8-16/h3-5,7-8,12,17H,2,6,9-11,13-15H2,1H3,(H,22,28)/t17-/m1/s1. The number of nitrogens with zero attached hydrogens (tertiary/aromatic N) is 4. The summed E-state index contributed by atoms with van der Waals surface area (Å²) in [5, 5.41) is 7.51. The number of rotatable bonds is 5. The lowest BCUT2D eigenvalue weighted by Gasteiger charge is -2.19. The number of carbonyl (C=O) groups is 2. The smallest absolute Gasteiger partial charge is 0.272 e. The van der Waals surface area contributed by atoms with Gasteiger partial charge in [0, 0.05) is 45.7 Å². The molecule has 7 nitrogen and oxygen atoms in total. The molecule has 1 aromatic heterocycles. The Morgan fingerprint density at radius 3 is 2.82 bits per heavy atom. The van der Waals surface area contributed by atoms with Gasteiger partial charge in [-0.1, -0.05) is 30.3 Å². The molecule has 2 aliphatic rings. The highest BCUT2D eigenvalue weighted by molar-refractivity contribution is 5.93. The normalized spacial score (nSPS) is 20.1. The van der Waals surface area contributed by atoms with Crippen LogP contribution in [0.4, 0.5) is 0 Å². The number of likely N-dealkylation sites (N-methyl/N-ethyl adjacent to an activating group) is 1. The molecule has 0 spiro atoms. The Hall–Kier alpha value is -2.67. The van der Waals surface area contributed by atoms with E-state index >= 15 is 0 Å². The number of hydrogen-bond acceptors (Lipinski definition) is 4. The van der Waals surface area contributed by atoms with Gasteiger partial charge >= 0.3 is 0 Å². The average molecular weight is 381 g/mol. The van der Waals surface area contributed by atoms with Crippen molar-refractivity contribution in [2.24, 2.45) is 0 Å². The number of benzene rings is 1. The van der Waals surface area contributed by atoms with Gasteiger partial charge in [0.1, 0.15) is 0 Å². The van der Waals surface area contributed by atoms with E-state index in [1.807, 2.05) is 23.7 Å². The van der Waals surface area contributed by atoms with Gasteiger partial charge < -0.3 is 10.2 Å². The van der Waals surface area contributed by atoms with Crippen molar-refractivity contribution in [3.8, 4) is 0 Å². The van der Waals surface area contributed by atoms with Crippen LogP contribution in [-0.4, -0.2) is 57.1 Å². The molecule has 0 unspecified atom stereocenters. The van der Waals surface area contributed by atoms with Gasteiger partial charge in [0.15, 0.2) is 5.69 Å². The molecule has 3 heterocycles. The van der Waals surface area contributed by atoms with Crippen LogP contribution >= 0.6 is 0 Å². The zero-order valence-corrected chi connectivity index (χ0v) is 16.3. The van der Waals surface area contributed by atoms with Gasteiger partial charge in [0.2, 0.25) is 5.91 Å². The third kappa shape index (κ3) is 4.09. The molecular weight excluding hydrogens is 354 g/mol. The van der Waals surface area contributed by atoms with Gasteiger partial charge in [-0.2, -0.15) is 5.10 Å². The number of hydrogen-bond donors (Lipinski definition) is 1. The Labute approximate surface area is 165 Å². The quantitative estimate of drug-likeness (QED) is 0.855. The summed E-state index contributed by atoms with van der Waals surface area (Å²) in [4.78, 5) is 28.7. The minimum Gasteiger partial charge on any atom is -0.346 e. The molecule has 0 aliphatic carbocycles. The first-order valence-corrected chi connectivity index (χ1v) is 10.0. The molecule has 1 N–H and O–H groups in total. The summed E-state index contributed by atoms with van der Waals surface area (Å²) in [6.45, 7) is 6.72. The van der Waals surface area contributed by atoms with Crippen molar-refractivity contribution in [3.63, 3.8) is 0 Å². The van der Waals surface area contributed by atoms with E-state index in [9.17, 15) is 9.59 Å². The minimum absolute atomic E-state index is 0.102. The van der Waals surface area contributed by atoms with Crippen LogP contribution < -0.4 is 5.32 Å². The third-order valence-electron chi connectivity index (χ3n) is 5.51. The second-order valence-corrected chi connectivity index (χ2v) is 7.60. The number of fused-ring (bicyclic) bond motifs is 1. The van der Waals surface area contributed by atoms with E-state index in [4.69, 9.17) is 0 Å². The lowest BCUT2D eigenvalue weighted by Crippen LogP contribution is -2.37.